The highest BCUT2D eigenvalue weighted by Gasteiger charge is 2.15. The van der Waals surface area contributed by atoms with Crippen molar-refractivity contribution in [1.82, 2.24) is 14.8 Å². The van der Waals surface area contributed by atoms with Crippen LogP contribution in [-0.2, 0) is 16.6 Å². The van der Waals surface area contributed by atoms with Crippen molar-refractivity contribution >= 4 is 23.7 Å². The third kappa shape index (κ3) is 3.54. The Morgan fingerprint density at radius 3 is 2.06 bits per heavy atom. The first-order valence-corrected chi connectivity index (χ1v) is 5.84. The largest absolute Gasteiger partial charge is 0.294 e. The topological polar surface area (TPSA) is 88.9 Å². The third-order valence-corrected chi connectivity index (χ3v) is 2.28. The summed E-state index contributed by atoms with van der Waals surface area (Å²) in [6, 6.07) is 0. The molecule has 2 N–H and O–H groups in total. The number of aromatic nitrogens is 3. The van der Waals surface area contributed by atoms with Gasteiger partial charge in [-0.2, -0.15) is 4.98 Å². The van der Waals surface area contributed by atoms with Crippen LogP contribution in [0.4, 0.5) is 11.9 Å². The summed E-state index contributed by atoms with van der Waals surface area (Å²) in [5, 5.41) is 9.21. The van der Waals surface area contributed by atoms with E-state index in [1.807, 2.05) is 0 Å². The van der Waals surface area contributed by atoms with Crippen molar-refractivity contribution in [2.75, 3.05) is 10.6 Å². The first kappa shape index (κ1) is 14.1. The zero-order valence-electron chi connectivity index (χ0n) is 11.3. The van der Waals surface area contributed by atoms with Gasteiger partial charge >= 0.3 is 0 Å². The molecular formula is C11H19N5O2. The number of amides is 2. The Kier molecular flexibility index (Phi) is 4.41. The number of carbonyl (C=O) groups excluding carboxylic acids is 2. The van der Waals surface area contributed by atoms with Gasteiger partial charge in [0.25, 0.3) is 5.95 Å². The van der Waals surface area contributed by atoms with Gasteiger partial charge in [0.15, 0.2) is 0 Å². The lowest BCUT2D eigenvalue weighted by atomic mass is 10.2. The SMILES string of the molecule is CC(C)C(=O)Nc1nc(NC(=O)C(C)C)n(C)n1. The Morgan fingerprint density at radius 1 is 1.06 bits per heavy atom. The second-order valence-electron chi connectivity index (χ2n) is 4.67. The first-order valence-electron chi connectivity index (χ1n) is 5.84. The maximum absolute atomic E-state index is 11.5. The molecule has 7 nitrogen and oxygen atoms in total. The van der Waals surface area contributed by atoms with Crippen LogP contribution in [0.2, 0.25) is 0 Å². The lowest BCUT2D eigenvalue weighted by molar-refractivity contribution is -0.119. The van der Waals surface area contributed by atoms with E-state index >= 15 is 0 Å². The molecule has 0 atom stereocenters. The molecule has 7 heteroatoms. The Labute approximate surface area is 106 Å². The number of anilines is 2. The second kappa shape index (κ2) is 5.61. The van der Waals surface area contributed by atoms with Crippen LogP contribution in [-0.4, -0.2) is 26.6 Å². The molecule has 2 amide bonds. The second-order valence-corrected chi connectivity index (χ2v) is 4.67. The van der Waals surface area contributed by atoms with Gasteiger partial charge in [0.1, 0.15) is 0 Å². The lowest BCUT2D eigenvalue weighted by Gasteiger charge is -2.05. The molecule has 0 spiro atoms. The van der Waals surface area contributed by atoms with Crippen LogP contribution < -0.4 is 10.6 Å². The number of nitrogens with zero attached hydrogens (tertiary/aromatic N) is 3. The van der Waals surface area contributed by atoms with Gasteiger partial charge in [0.05, 0.1) is 0 Å². The van der Waals surface area contributed by atoms with E-state index in [0.29, 0.717) is 5.95 Å². The van der Waals surface area contributed by atoms with E-state index in [2.05, 4.69) is 20.7 Å². The molecular weight excluding hydrogens is 234 g/mol. The van der Waals surface area contributed by atoms with E-state index in [1.54, 1.807) is 34.7 Å². The maximum Gasteiger partial charge on any atom is 0.250 e. The molecule has 0 aliphatic carbocycles. The highest BCUT2D eigenvalue weighted by molar-refractivity contribution is 5.92. The number of aryl methyl sites for hydroxylation is 1. The summed E-state index contributed by atoms with van der Waals surface area (Å²) in [4.78, 5) is 27.0. The van der Waals surface area contributed by atoms with Gasteiger partial charge in [-0.25, -0.2) is 4.68 Å². The molecule has 1 aromatic rings. The molecule has 0 saturated carbocycles. The Bertz CT molecular complexity index is 450. The fourth-order valence-electron chi connectivity index (χ4n) is 1.06. The van der Waals surface area contributed by atoms with Gasteiger partial charge in [-0.3, -0.25) is 20.2 Å². The van der Waals surface area contributed by atoms with Crippen molar-refractivity contribution < 1.29 is 9.59 Å². The van der Waals surface area contributed by atoms with Crippen molar-refractivity contribution in [3.63, 3.8) is 0 Å². The number of hydrogen-bond donors (Lipinski definition) is 2. The standard InChI is InChI=1S/C11H19N5O2/c1-6(2)8(17)12-10-14-11(16(5)15-10)13-9(18)7(3)4/h6-7H,1-5H3,(H2,12,13,14,15,17,18). The fraction of sp³-hybridized carbons (Fsp3) is 0.636. The number of carbonyl (C=O) groups is 2. The molecule has 0 saturated heterocycles. The van der Waals surface area contributed by atoms with Crippen molar-refractivity contribution in [3.05, 3.63) is 0 Å². The number of rotatable bonds is 4. The van der Waals surface area contributed by atoms with Crippen molar-refractivity contribution in [3.8, 4) is 0 Å². The van der Waals surface area contributed by atoms with E-state index in [4.69, 9.17) is 0 Å². The summed E-state index contributed by atoms with van der Waals surface area (Å²) < 4.78 is 1.41. The monoisotopic (exact) mass is 253 g/mol. The summed E-state index contributed by atoms with van der Waals surface area (Å²) >= 11 is 0. The van der Waals surface area contributed by atoms with E-state index in [1.165, 1.54) is 4.68 Å². The summed E-state index contributed by atoms with van der Waals surface area (Å²) in [5.74, 6) is -0.101. The molecule has 1 rings (SSSR count). The van der Waals surface area contributed by atoms with Crippen molar-refractivity contribution in [2.45, 2.75) is 27.7 Å². The Morgan fingerprint density at radius 2 is 1.56 bits per heavy atom. The molecule has 0 radical (unpaired) electrons. The Hall–Kier alpha value is -1.92. The van der Waals surface area contributed by atoms with Gasteiger partial charge in [0, 0.05) is 18.9 Å². The number of hydrogen-bond acceptors (Lipinski definition) is 4. The summed E-state index contributed by atoms with van der Waals surface area (Å²) in [7, 11) is 1.65. The average molecular weight is 253 g/mol. The van der Waals surface area contributed by atoms with Crippen LogP contribution in [0.15, 0.2) is 0 Å². The van der Waals surface area contributed by atoms with Crippen LogP contribution in [0.25, 0.3) is 0 Å². The molecule has 0 aromatic carbocycles. The van der Waals surface area contributed by atoms with Gasteiger partial charge in [-0.05, 0) is 0 Å². The highest BCUT2D eigenvalue weighted by Crippen LogP contribution is 2.09. The summed E-state index contributed by atoms with van der Waals surface area (Å²) in [6.45, 7) is 7.12. The normalized spacial score (nSPS) is 10.8. The third-order valence-electron chi connectivity index (χ3n) is 2.28. The van der Waals surface area contributed by atoms with Crippen LogP contribution in [0.5, 0.6) is 0 Å². The van der Waals surface area contributed by atoms with Gasteiger partial charge in [-0.1, -0.05) is 27.7 Å². The van der Waals surface area contributed by atoms with Crippen LogP contribution in [0.3, 0.4) is 0 Å². The van der Waals surface area contributed by atoms with Crippen molar-refractivity contribution in [1.29, 1.82) is 0 Å². The lowest BCUT2D eigenvalue weighted by Crippen LogP contribution is -2.20. The van der Waals surface area contributed by atoms with E-state index in [0.717, 1.165) is 0 Å². The highest BCUT2D eigenvalue weighted by atomic mass is 16.2. The van der Waals surface area contributed by atoms with Crippen LogP contribution in [0, 0.1) is 11.8 Å². The predicted molar refractivity (Wildman–Crippen MR) is 67.9 cm³/mol. The van der Waals surface area contributed by atoms with E-state index < -0.39 is 0 Å². The van der Waals surface area contributed by atoms with Crippen LogP contribution >= 0.6 is 0 Å². The zero-order chi connectivity index (χ0) is 13.9. The predicted octanol–water partition coefficient (Wildman–Crippen LogP) is 1.00. The molecule has 100 valence electrons. The molecule has 0 fully saturated rings. The average Bonchev–Trinajstić information content (AvgIpc) is 2.58. The zero-order valence-corrected chi connectivity index (χ0v) is 11.3. The summed E-state index contributed by atoms with van der Waals surface area (Å²) in [6.07, 6.45) is 0. The minimum Gasteiger partial charge on any atom is -0.294 e. The van der Waals surface area contributed by atoms with Gasteiger partial charge in [0.2, 0.25) is 17.8 Å². The molecule has 1 heterocycles. The molecule has 1 aromatic heterocycles. The minimum absolute atomic E-state index is 0.143. The molecule has 18 heavy (non-hydrogen) atoms. The minimum atomic E-state index is -0.165. The van der Waals surface area contributed by atoms with Crippen molar-refractivity contribution in [2.24, 2.45) is 18.9 Å². The first-order chi connectivity index (χ1) is 8.31. The molecule has 0 aliphatic heterocycles. The molecule has 0 unspecified atom stereocenters. The van der Waals surface area contributed by atoms with Crippen LogP contribution in [0.1, 0.15) is 27.7 Å². The van der Waals surface area contributed by atoms with E-state index in [-0.39, 0.29) is 29.6 Å². The van der Waals surface area contributed by atoms with Gasteiger partial charge < -0.3 is 0 Å². The quantitative estimate of drug-likeness (QED) is 0.838. The number of nitrogens with one attached hydrogen (secondary N) is 2. The fourth-order valence-corrected chi connectivity index (χ4v) is 1.06. The molecule has 0 bridgehead atoms. The maximum atomic E-state index is 11.5. The van der Waals surface area contributed by atoms with Gasteiger partial charge in [-0.15, -0.1) is 5.10 Å². The smallest absolute Gasteiger partial charge is 0.250 e. The Balaban J connectivity index is 2.76. The van der Waals surface area contributed by atoms with E-state index in [9.17, 15) is 9.59 Å². The molecule has 0 aliphatic rings. The summed E-state index contributed by atoms with van der Waals surface area (Å²) in [5.41, 5.74) is 0.